The van der Waals surface area contributed by atoms with Crippen LogP contribution in [0, 0.1) is 0 Å². The van der Waals surface area contributed by atoms with Gasteiger partial charge in [0.05, 0.1) is 5.56 Å². The molecule has 1 aliphatic heterocycles. The molecule has 6 nitrogen and oxygen atoms in total. The molecule has 0 aromatic heterocycles. The lowest BCUT2D eigenvalue weighted by atomic mass is 10.1. The second-order valence-electron chi connectivity index (χ2n) is 6.45. The molecule has 0 aliphatic carbocycles. The molecular weight excluding hydrogens is 363 g/mol. The van der Waals surface area contributed by atoms with Crippen LogP contribution in [0.1, 0.15) is 30.1 Å². The van der Waals surface area contributed by atoms with Gasteiger partial charge in [-0.05, 0) is 18.6 Å². The lowest BCUT2D eigenvalue weighted by molar-refractivity contribution is -0.0553. The van der Waals surface area contributed by atoms with Gasteiger partial charge < -0.3 is 14.8 Å². The van der Waals surface area contributed by atoms with E-state index >= 15 is 4.39 Å². The maximum absolute atomic E-state index is 15.3. The molecule has 0 bridgehead atoms. The molecule has 1 fully saturated rings. The van der Waals surface area contributed by atoms with Crippen molar-refractivity contribution in [2.24, 2.45) is 0 Å². The standard InChI is InChI=1S/C21H27FN2O4/c1-4-10-16-18(28-20(25)15-11-8-7-9-12-15)17(22)19(27-16)24(14-6-3)21(26)23-13-5-2/h5-9,11-12,16-19H,2-4,10,13-14H2,1H3,(H,23,26). The molecule has 1 N–H and O–H groups in total. The van der Waals surface area contributed by atoms with E-state index in [0.29, 0.717) is 18.4 Å². The van der Waals surface area contributed by atoms with Gasteiger partial charge in [0.15, 0.2) is 18.5 Å². The number of nitrogens with zero attached hydrogens (tertiary/aromatic N) is 1. The van der Waals surface area contributed by atoms with Crippen molar-refractivity contribution in [2.45, 2.75) is 44.4 Å². The zero-order valence-corrected chi connectivity index (χ0v) is 16.1. The minimum absolute atomic E-state index is 0.0895. The lowest BCUT2D eigenvalue weighted by Gasteiger charge is -2.28. The van der Waals surface area contributed by atoms with Crippen LogP contribution in [0.5, 0.6) is 0 Å². The van der Waals surface area contributed by atoms with E-state index in [1.807, 2.05) is 6.92 Å². The average molecular weight is 390 g/mol. The van der Waals surface area contributed by atoms with Crippen LogP contribution in [0.25, 0.3) is 0 Å². The molecule has 0 saturated carbocycles. The molecule has 4 atom stereocenters. The third-order valence-corrected chi connectivity index (χ3v) is 4.38. The van der Waals surface area contributed by atoms with Crippen molar-refractivity contribution in [3.63, 3.8) is 0 Å². The number of hydrogen-bond donors (Lipinski definition) is 1. The van der Waals surface area contributed by atoms with Crippen LogP contribution < -0.4 is 5.32 Å². The van der Waals surface area contributed by atoms with E-state index in [0.717, 1.165) is 0 Å². The van der Waals surface area contributed by atoms with Crippen LogP contribution in [0.3, 0.4) is 0 Å². The Labute approximate surface area is 165 Å². The Balaban J connectivity index is 2.18. The smallest absolute Gasteiger partial charge is 0.338 e. The van der Waals surface area contributed by atoms with E-state index in [1.54, 1.807) is 30.3 Å². The van der Waals surface area contributed by atoms with E-state index in [2.05, 4.69) is 18.5 Å². The number of halogens is 1. The van der Waals surface area contributed by atoms with Crippen molar-refractivity contribution in [1.82, 2.24) is 10.2 Å². The molecule has 0 radical (unpaired) electrons. The highest BCUT2D eigenvalue weighted by molar-refractivity contribution is 5.89. The quantitative estimate of drug-likeness (QED) is 0.518. The first-order valence-corrected chi connectivity index (χ1v) is 9.35. The number of alkyl halides is 1. The zero-order chi connectivity index (χ0) is 20.5. The van der Waals surface area contributed by atoms with Gasteiger partial charge in [0.25, 0.3) is 0 Å². The van der Waals surface area contributed by atoms with Crippen LogP contribution >= 0.6 is 0 Å². The third-order valence-electron chi connectivity index (χ3n) is 4.38. The fraction of sp³-hybridized carbons (Fsp3) is 0.429. The van der Waals surface area contributed by atoms with Gasteiger partial charge in [-0.1, -0.05) is 43.7 Å². The number of carbonyl (C=O) groups is 2. The molecule has 28 heavy (non-hydrogen) atoms. The van der Waals surface area contributed by atoms with Gasteiger partial charge in [-0.2, -0.15) is 0 Å². The second-order valence-corrected chi connectivity index (χ2v) is 6.45. The average Bonchev–Trinajstić information content (AvgIpc) is 3.00. The highest BCUT2D eigenvalue weighted by atomic mass is 19.1. The zero-order valence-electron chi connectivity index (χ0n) is 16.1. The largest absolute Gasteiger partial charge is 0.453 e. The Morgan fingerprint density at radius 3 is 2.61 bits per heavy atom. The molecule has 1 aromatic carbocycles. The summed E-state index contributed by atoms with van der Waals surface area (Å²) in [5.74, 6) is -0.620. The number of nitrogens with one attached hydrogen (secondary N) is 1. The summed E-state index contributed by atoms with van der Waals surface area (Å²) in [4.78, 5) is 26.0. The Morgan fingerprint density at radius 2 is 2.00 bits per heavy atom. The van der Waals surface area contributed by atoms with Gasteiger partial charge in [0.1, 0.15) is 6.10 Å². The van der Waals surface area contributed by atoms with Crippen molar-refractivity contribution in [1.29, 1.82) is 0 Å². The van der Waals surface area contributed by atoms with Gasteiger partial charge in [-0.15, -0.1) is 13.2 Å². The topological polar surface area (TPSA) is 67.9 Å². The molecule has 4 unspecified atom stereocenters. The van der Waals surface area contributed by atoms with Crippen LogP contribution in [-0.4, -0.2) is 54.6 Å². The third kappa shape index (κ3) is 5.19. The molecule has 0 spiro atoms. The van der Waals surface area contributed by atoms with Gasteiger partial charge in [0, 0.05) is 13.1 Å². The molecule has 152 valence electrons. The Hall–Kier alpha value is -2.67. The number of esters is 1. The van der Waals surface area contributed by atoms with Crippen molar-refractivity contribution >= 4 is 12.0 Å². The molecule has 1 heterocycles. The Bertz CT molecular complexity index is 682. The maximum atomic E-state index is 15.3. The van der Waals surface area contributed by atoms with Gasteiger partial charge in [0.2, 0.25) is 0 Å². The summed E-state index contributed by atoms with van der Waals surface area (Å²) in [5.41, 5.74) is 0.333. The monoisotopic (exact) mass is 390 g/mol. The Morgan fingerprint density at radius 1 is 1.29 bits per heavy atom. The van der Waals surface area contributed by atoms with Crippen molar-refractivity contribution < 1.29 is 23.5 Å². The second kappa shape index (κ2) is 10.6. The summed E-state index contributed by atoms with van der Waals surface area (Å²) in [6.07, 6.45) is -0.368. The summed E-state index contributed by atoms with van der Waals surface area (Å²) in [6, 6.07) is 7.89. The predicted octanol–water partition coefficient (Wildman–Crippen LogP) is 3.46. The number of urea groups is 1. The summed E-state index contributed by atoms with van der Waals surface area (Å²) in [6.45, 7) is 9.42. The van der Waals surface area contributed by atoms with Gasteiger partial charge in [-0.3, -0.25) is 4.90 Å². The highest BCUT2D eigenvalue weighted by Gasteiger charge is 2.50. The van der Waals surface area contributed by atoms with Crippen LogP contribution in [0.2, 0.25) is 0 Å². The molecule has 2 rings (SSSR count). The SMILES string of the molecule is C=CCNC(=O)N(CC=C)C1OC(CCC)C(OC(=O)c2ccccc2)C1F. The summed E-state index contributed by atoms with van der Waals surface area (Å²) in [5, 5.41) is 2.61. The highest BCUT2D eigenvalue weighted by Crippen LogP contribution is 2.32. The van der Waals surface area contributed by atoms with Crippen LogP contribution in [-0.2, 0) is 9.47 Å². The van der Waals surface area contributed by atoms with E-state index in [-0.39, 0.29) is 13.1 Å². The van der Waals surface area contributed by atoms with E-state index < -0.39 is 36.6 Å². The maximum Gasteiger partial charge on any atom is 0.338 e. The van der Waals surface area contributed by atoms with Crippen molar-refractivity contribution in [2.75, 3.05) is 13.1 Å². The van der Waals surface area contributed by atoms with Crippen LogP contribution in [0.4, 0.5) is 9.18 Å². The first-order chi connectivity index (χ1) is 13.5. The lowest BCUT2D eigenvalue weighted by Crippen LogP contribution is -2.50. The Kier molecular flexibility index (Phi) is 8.19. The fourth-order valence-corrected chi connectivity index (χ4v) is 3.07. The number of hydrogen-bond acceptors (Lipinski definition) is 4. The molecular formula is C21H27FN2O4. The van der Waals surface area contributed by atoms with Gasteiger partial charge >= 0.3 is 12.0 Å². The molecule has 1 aliphatic rings. The number of benzene rings is 1. The first kappa shape index (κ1) is 21.6. The van der Waals surface area contributed by atoms with Gasteiger partial charge in [-0.25, -0.2) is 14.0 Å². The minimum atomic E-state index is -1.68. The molecule has 2 amide bonds. The van der Waals surface area contributed by atoms with Crippen molar-refractivity contribution in [3.05, 3.63) is 61.2 Å². The summed E-state index contributed by atoms with van der Waals surface area (Å²) < 4.78 is 26.6. The number of amides is 2. The molecule has 1 aromatic rings. The predicted molar refractivity (Wildman–Crippen MR) is 105 cm³/mol. The number of rotatable bonds is 9. The summed E-state index contributed by atoms with van der Waals surface area (Å²) in [7, 11) is 0. The number of carbonyl (C=O) groups excluding carboxylic acids is 2. The van der Waals surface area contributed by atoms with E-state index in [4.69, 9.17) is 9.47 Å². The fourth-order valence-electron chi connectivity index (χ4n) is 3.07. The minimum Gasteiger partial charge on any atom is -0.453 e. The van der Waals surface area contributed by atoms with Crippen LogP contribution in [0.15, 0.2) is 55.6 Å². The molecule has 1 saturated heterocycles. The van der Waals surface area contributed by atoms with E-state index in [9.17, 15) is 9.59 Å². The molecule has 7 heteroatoms. The first-order valence-electron chi connectivity index (χ1n) is 9.35. The normalized spacial score (nSPS) is 23.6. The van der Waals surface area contributed by atoms with E-state index in [1.165, 1.54) is 17.1 Å². The number of ether oxygens (including phenoxy) is 2. The summed E-state index contributed by atoms with van der Waals surface area (Å²) >= 11 is 0. The van der Waals surface area contributed by atoms with Crippen molar-refractivity contribution in [3.8, 4) is 0 Å².